The highest BCUT2D eigenvalue weighted by molar-refractivity contribution is 5.77. The summed E-state index contributed by atoms with van der Waals surface area (Å²) in [5.74, 6) is -1.08. The molecule has 1 aromatic rings. The Morgan fingerprint density at radius 1 is 1.40 bits per heavy atom. The number of carboxylic acid groups (broad SMARTS) is 1. The van der Waals surface area contributed by atoms with E-state index in [9.17, 15) is 9.59 Å². The number of amides is 1. The SMILES string of the molecule is CC(C)(C)CC(CC(=O)O)NC(=O)CCn1ccnn1. The molecule has 112 valence electrons. The van der Waals surface area contributed by atoms with Crippen molar-refractivity contribution in [3.63, 3.8) is 0 Å². The fourth-order valence-electron chi connectivity index (χ4n) is 1.99. The number of hydrogen-bond donors (Lipinski definition) is 2. The van der Waals surface area contributed by atoms with E-state index in [0.717, 1.165) is 0 Å². The molecule has 1 amide bonds. The number of nitrogens with zero attached hydrogens (tertiary/aromatic N) is 3. The zero-order valence-corrected chi connectivity index (χ0v) is 12.2. The zero-order valence-electron chi connectivity index (χ0n) is 12.2. The van der Waals surface area contributed by atoms with Gasteiger partial charge >= 0.3 is 5.97 Å². The summed E-state index contributed by atoms with van der Waals surface area (Å²) in [7, 11) is 0. The number of aliphatic carboxylic acids is 1. The summed E-state index contributed by atoms with van der Waals surface area (Å²) >= 11 is 0. The highest BCUT2D eigenvalue weighted by atomic mass is 16.4. The molecule has 7 nitrogen and oxygen atoms in total. The van der Waals surface area contributed by atoms with Crippen LogP contribution in [0.3, 0.4) is 0 Å². The largest absolute Gasteiger partial charge is 0.481 e. The zero-order chi connectivity index (χ0) is 15.2. The molecule has 1 rings (SSSR count). The molecule has 1 heterocycles. The topological polar surface area (TPSA) is 97.1 Å². The van der Waals surface area contributed by atoms with E-state index in [0.29, 0.717) is 13.0 Å². The van der Waals surface area contributed by atoms with Gasteiger partial charge in [0.15, 0.2) is 0 Å². The Bertz CT molecular complexity index is 437. The van der Waals surface area contributed by atoms with Gasteiger partial charge in [-0.3, -0.25) is 14.3 Å². The van der Waals surface area contributed by atoms with Crippen LogP contribution in [-0.2, 0) is 16.1 Å². The number of aryl methyl sites for hydroxylation is 1. The average molecular weight is 282 g/mol. The number of nitrogens with one attached hydrogen (secondary N) is 1. The smallest absolute Gasteiger partial charge is 0.305 e. The molecule has 20 heavy (non-hydrogen) atoms. The van der Waals surface area contributed by atoms with Crippen LogP contribution >= 0.6 is 0 Å². The predicted octanol–water partition coefficient (Wildman–Crippen LogP) is 1.06. The molecule has 0 saturated heterocycles. The first-order valence-electron chi connectivity index (χ1n) is 6.61. The van der Waals surface area contributed by atoms with Crippen LogP contribution in [0, 0.1) is 5.41 Å². The van der Waals surface area contributed by atoms with Gasteiger partial charge in [-0.25, -0.2) is 0 Å². The maximum Gasteiger partial charge on any atom is 0.305 e. The Kier molecular flexibility index (Phi) is 5.66. The van der Waals surface area contributed by atoms with E-state index in [2.05, 4.69) is 15.6 Å². The Labute approximate surface area is 118 Å². The lowest BCUT2D eigenvalue weighted by atomic mass is 9.87. The van der Waals surface area contributed by atoms with E-state index in [1.165, 1.54) is 0 Å². The summed E-state index contributed by atoms with van der Waals surface area (Å²) in [6.07, 6.45) is 4.03. The molecule has 1 atom stereocenters. The van der Waals surface area contributed by atoms with Crippen molar-refractivity contribution >= 4 is 11.9 Å². The monoisotopic (exact) mass is 282 g/mol. The van der Waals surface area contributed by atoms with Crippen LogP contribution in [-0.4, -0.2) is 38.0 Å². The highest BCUT2D eigenvalue weighted by Gasteiger charge is 2.22. The van der Waals surface area contributed by atoms with E-state index < -0.39 is 5.97 Å². The van der Waals surface area contributed by atoms with Gasteiger partial charge in [0.2, 0.25) is 5.91 Å². The highest BCUT2D eigenvalue weighted by Crippen LogP contribution is 2.22. The lowest BCUT2D eigenvalue weighted by molar-refractivity contribution is -0.137. The fraction of sp³-hybridized carbons (Fsp3) is 0.692. The molecule has 0 spiro atoms. The predicted molar refractivity (Wildman–Crippen MR) is 72.9 cm³/mol. The molecule has 0 saturated carbocycles. The van der Waals surface area contributed by atoms with Crippen molar-refractivity contribution in [1.82, 2.24) is 20.3 Å². The Morgan fingerprint density at radius 3 is 2.60 bits per heavy atom. The summed E-state index contributed by atoms with van der Waals surface area (Å²) in [6, 6.07) is -0.351. The second-order valence-electron chi connectivity index (χ2n) is 6.04. The van der Waals surface area contributed by atoms with Crippen molar-refractivity contribution in [2.24, 2.45) is 5.41 Å². The van der Waals surface area contributed by atoms with Crippen LogP contribution in [0.15, 0.2) is 12.4 Å². The van der Waals surface area contributed by atoms with Gasteiger partial charge in [0.05, 0.1) is 19.2 Å². The van der Waals surface area contributed by atoms with Gasteiger partial charge in [-0.15, -0.1) is 5.10 Å². The number of hydrogen-bond acceptors (Lipinski definition) is 4. The molecule has 0 aliphatic carbocycles. The second-order valence-corrected chi connectivity index (χ2v) is 6.04. The minimum absolute atomic E-state index is 0.0424. The number of carboxylic acids is 1. The summed E-state index contributed by atoms with van der Waals surface area (Å²) in [4.78, 5) is 22.7. The lowest BCUT2D eigenvalue weighted by Crippen LogP contribution is -2.39. The third kappa shape index (κ3) is 6.86. The van der Waals surface area contributed by atoms with Crippen LogP contribution in [0.1, 0.15) is 40.0 Å². The fourth-order valence-corrected chi connectivity index (χ4v) is 1.99. The number of carbonyl (C=O) groups excluding carboxylic acids is 1. The minimum Gasteiger partial charge on any atom is -0.481 e. The molecule has 0 aromatic carbocycles. The van der Waals surface area contributed by atoms with Crippen molar-refractivity contribution in [2.45, 2.75) is 52.6 Å². The van der Waals surface area contributed by atoms with Gasteiger partial charge in [-0.1, -0.05) is 26.0 Å². The van der Waals surface area contributed by atoms with E-state index in [-0.39, 0.29) is 30.2 Å². The third-order valence-electron chi connectivity index (χ3n) is 2.68. The van der Waals surface area contributed by atoms with Crippen LogP contribution in [0.25, 0.3) is 0 Å². The molecule has 0 aliphatic rings. The van der Waals surface area contributed by atoms with Gasteiger partial charge in [0, 0.05) is 18.7 Å². The van der Waals surface area contributed by atoms with E-state index in [4.69, 9.17) is 5.11 Å². The molecule has 7 heteroatoms. The van der Waals surface area contributed by atoms with Crippen LogP contribution in [0.2, 0.25) is 0 Å². The summed E-state index contributed by atoms with van der Waals surface area (Å²) < 4.78 is 1.57. The van der Waals surface area contributed by atoms with Gasteiger partial charge in [-0.2, -0.15) is 0 Å². The lowest BCUT2D eigenvalue weighted by Gasteiger charge is -2.25. The molecule has 0 radical (unpaired) electrons. The van der Waals surface area contributed by atoms with E-state index in [1.807, 2.05) is 20.8 Å². The Hall–Kier alpha value is -1.92. The summed E-state index contributed by atoms with van der Waals surface area (Å²) in [5.41, 5.74) is -0.0424. The van der Waals surface area contributed by atoms with Gasteiger partial charge < -0.3 is 10.4 Å². The molecule has 1 unspecified atom stereocenters. The molecule has 1 aromatic heterocycles. The van der Waals surface area contributed by atoms with Gasteiger partial charge in [0.25, 0.3) is 0 Å². The van der Waals surface area contributed by atoms with Crippen molar-refractivity contribution in [1.29, 1.82) is 0 Å². The van der Waals surface area contributed by atoms with Crippen LogP contribution in [0.4, 0.5) is 0 Å². The van der Waals surface area contributed by atoms with Crippen LogP contribution < -0.4 is 5.32 Å². The molecule has 0 aliphatic heterocycles. The van der Waals surface area contributed by atoms with Crippen LogP contribution in [0.5, 0.6) is 0 Å². The second kappa shape index (κ2) is 7.02. The molecule has 0 fully saturated rings. The van der Waals surface area contributed by atoms with Gasteiger partial charge in [0.1, 0.15) is 0 Å². The molecule has 2 N–H and O–H groups in total. The normalized spacial score (nSPS) is 12.9. The first-order valence-corrected chi connectivity index (χ1v) is 6.61. The number of aromatic nitrogens is 3. The molecule has 0 bridgehead atoms. The van der Waals surface area contributed by atoms with Crippen molar-refractivity contribution in [3.05, 3.63) is 12.4 Å². The maximum atomic E-state index is 11.9. The molecular weight excluding hydrogens is 260 g/mol. The first-order chi connectivity index (χ1) is 9.26. The van der Waals surface area contributed by atoms with Crippen molar-refractivity contribution in [3.8, 4) is 0 Å². The summed E-state index contributed by atoms with van der Waals surface area (Å²) in [5, 5.41) is 19.1. The maximum absolute atomic E-state index is 11.9. The van der Waals surface area contributed by atoms with Crippen molar-refractivity contribution < 1.29 is 14.7 Å². The van der Waals surface area contributed by atoms with E-state index >= 15 is 0 Å². The van der Waals surface area contributed by atoms with E-state index in [1.54, 1.807) is 17.1 Å². The molecular formula is C13H22N4O3. The van der Waals surface area contributed by atoms with Crippen molar-refractivity contribution in [2.75, 3.05) is 0 Å². The summed E-state index contributed by atoms with van der Waals surface area (Å²) in [6.45, 7) is 6.48. The Morgan fingerprint density at radius 2 is 2.10 bits per heavy atom. The Balaban J connectivity index is 2.46. The van der Waals surface area contributed by atoms with Gasteiger partial charge in [-0.05, 0) is 11.8 Å². The third-order valence-corrected chi connectivity index (χ3v) is 2.68. The quantitative estimate of drug-likeness (QED) is 0.779. The standard InChI is InChI=1S/C13H22N4O3/c1-13(2,3)9-10(8-12(19)20)15-11(18)4-6-17-7-5-14-16-17/h5,7,10H,4,6,8-9H2,1-3H3,(H,15,18)(H,19,20). The minimum atomic E-state index is -0.907. The number of rotatable bonds is 7. The number of carbonyl (C=O) groups is 2. The first kappa shape index (κ1) is 16.1. The average Bonchev–Trinajstić information content (AvgIpc) is 2.75.